The molecule has 212 valence electrons. The van der Waals surface area contributed by atoms with Gasteiger partial charge >= 0.3 is 0 Å². The van der Waals surface area contributed by atoms with E-state index in [0.717, 1.165) is 17.1 Å². The molecular formula is C34H37N2O4S+. The van der Waals surface area contributed by atoms with Gasteiger partial charge in [-0.15, -0.1) is 0 Å². The van der Waals surface area contributed by atoms with Crippen LogP contribution < -0.4 is 4.90 Å². The topological polar surface area (TPSA) is 77.7 Å². The molecule has 0 saturated heterocycles. The third kappa shape index (κ3) is 7.37. The van der Waals surface area contributed by atoms with Crippen molar-refractivity contribution in [3.05, 3.63) is 121 Å². The van der Waals surface area contributed by atoms with Gasteiger partial charge in [-0.05, 0) is 55.3 Å². The maximum absolute atomic E-state index is 12.0. The van der Waals surface area contributed by atoms with E-state index in [1.54, 1.807) is 11.1 Å². The molecule has 0 spiro atoms. The quantitative estimate of drug-likeness (QED) is 0.115. The van der Waals surface area contributed by atoms with E-state index in [9.17, 15) is 13.2 Å². The predicted octanol–water partition coefficient (Wildman–Crippen LogP) is 7.12. The fraction of sp³-hybridized carbons (Fsp3) is 0.235. The van der Waals surface area contributed by atoms with Crippen molar-refractivity contribution >= 4 is 43.9 Å². The zero-order valence-electron chi connectivity index (χ0n) is 23.8. The van der Waals surface area contributed by atoms with Crippen LogP contribution >= 0.6 is 0 Å². The first-order valence-electron chi connectivity index (χ1n) is 13.7. The minimum atomic E-state index is -3.98. The van der Waals surface area contributed by atoms with E-state index in [1.165, 1.54) is 23.3 Å². The molecule has 0 bridgehead atoms. The number of unbranched alkanes of at least 4 members (excludes halogenated alkanes) is 1. The second-order valence-corrected chi connectivity index (χ2v) is 12.1. The molecule has 0 aliphatic carbocycles. The van der Waals surface area contributed by atoms with E-state index in [4.69, 9.17) is 4.55 Å². The average Bonchev–Trinajstić information content (AvgIpc) is 3.15. The number of anilines is 1. The molecule has 1 amide bonds. The van der Waals surface area contributed by atoms with Crippen LogP contribution in [0.15, 0.2) is 115 Å². The highest BCUT2D eigenvalue weighted by atomic mass is 32.2. The summed E-state index contributed by atoms with van der Waals surface area (Å²) in [6, 6.07) is 22.1. The molecule has 1 aliphatic rings. The van der Waals surface area contributed by atoms with Crippen LogP contribution in [0.5, 0.6) is 0 Å². The molecule has 0 atom stereocenters. The number of para-hydroxylation sites is 1. The van der Waals surface area contributed by atoms with Gasteiger partial charge < -0.3 is 0 Å². The lowest BCUT2D eigenvalue weighted by atomic mass is 9.79. The summed E-state index contributed by atoms with van der Waals surface area (Å²) < 4.78 is 33.9. The van der Waals surface area contributed by atoms with Crippen LogP contribution in [0.4, 0.5) is 11.4 Å². The lowest BCUT2D eigenvalue weighted by molar-refractivity contribution is -0.438. The van der Waals surface area contributed by atoms with Crippen LogP contribution in [0.3, 0.4) is 0 Å². The number of hydrogen-bond donors (Lipinski definition) is 1. The summed E-state index contributed by atoms with van der Waals surface area (Å²) in [5.41, 5.74) is 4.06. The summed E-state index contributed by atoms with van der Waals surface area (Å²) in [4.78, 5) is 13.6. The normalized spacial score (nSPS) is 15.2. The Labute approximate surface area is 243 Å². The SMILES string of the molecule is CC(=O)N(/C=C/C=C/C=C/C=C/C1=[N+](CCCCS(=O)(=O)O)c2ccc3ccccc3c2C1(C)C)c1ccccc1. The van der Waals surface area contributed by atoms with Crippen LogP contribution in [-0.4, -0.2) is 41.5 Å². The highest BCUT2D eigenvalue weighted by Gasteiger charge is 2.45. The Hall–Kier alpha value is -4.07. The van der Waals surface area contributed by atoms with Crippen LogP contribution in [0, 0.1) is 0 Å². The summed E-state index contributed by atoms with van der Waals surface area (Å²) in [7, 11) is -3.98. The fourth-order valence-corrected chi connectivity index (χ4v) is 5.90. The Morgan fingerprint density at radius 2 is 1.54 bits per heavy atom. The van der Waals surface area contributed by atoms with Gasteiger partial charge in [-0.2, -0.15) is 13.0 Å². The van der Waals surface area contributed by atoms with Gasteiger partial charge in [-0.3, -0.25) is 14.2 Å². The number of carbonyl (C=O) groups excluding carboxylic acids is 1. The summed E-state index contributed by atoms with van der Waals surface area (Å²) in [6.45, 7) is 6.62. The Morgan fingerprint density at radius 3 is 2.24 bits per heavy atom. The second kappa shape index (κ2) is 13.1. The Bertz CT molecular complexity index is 1660. The molecule has 3 aromatic rings. The van der Waals surface area contributed by atoms with Gasteiger partial charge in [0, 0.05) is 42.9 Å². The van der Waals surface area contributed by atoms with E-state index in [2.05, 4.69) is 54.8 Å². The highest BCUT2D eigenvalue weighted by molar-refractivity contribution is 7.85. The summed E-state index contributed by atoms with van der Waals surface area (Å²) in [5, 5.41) is 2.39. The zero-order valence-corrected chi connectivity index (χ0v) is 24.6. The van der Waals surface area contributed by atoms with Crippen LogP contribution in [0.25, 0.3) is 10.8 Å². The molecule has 7 heteroatoms. The summed E-state index contributed by atoms with van der Waals surface area (Å²) in [5.74, 6) is -0.300. The fourth-order valence-electron chi connectivity index (χ4n) is 5.33. The first-order chi connectivity index (χ1) is 19.6. The van der Waals surface area contributed by atoms with Crippen LogP contribution in [0.1, 0.15) is 39.2 Å². The lowest BCUT2D eigenvalue weighted by Gasteiger charge is -2.17. The van der Waals surface area contributed by atoms with Gasteiger partial charge in [-0.25, -0.2) is 0 Å². The molecule has 4 rings (SSSR count). The number of hydrogen-bond acceptors (Lipinski definition) is 3. The first-order valence-corrected chi connectivity index (χ1v) is 15.4. The van der Waals surface area contributed by atoms with Crippen molar-refractivity contribution in [2.24, 2.45) is 0 Å². The standard InChI is InChI=1S/C34H36N2O4S/c1-27(37)35(29-18-9-8-10-19-29)24-14-7-5-4-6-11-21-32-34(2,3)33-30-20-13-12-17-28(30)22-23-31(33)36(32)25-15-16-26-41(38,39)40/h4-14,17-24H,15-16,25-26H2,1-3H3/p+1. The van der Waals surface area contributed by atoms with Crippen molar-refractivity contribution in [2.75, 3.05) is 17.2 Å². The van der Waals surface area contributed by atoms with Crippen LogP contribution in [-0.2, 0) is 20.3 Å². The van der Waals surface area contributed by atoms with Crippen molar-refractivity contribution < 1.29 is 22.3 Å². The largest absolute Gasteiger partial charge is 0.288 e. The molecular weight excluding hydrogens is 532 g/mol. The van der Waals surface area contributed by atoms with Crippen LogP contribution in [0.2, 0.25) is 0 Å². The summed E-state index contributed by atoms with van der Waals surface area (Å²) in [6.07, 6.45) is 16.4. The number of rotatable bonds is 11. The number of carbonyl (C=O) groups is 1. The number of nitrogens with zero attached hydrogens (tertiary/aromatic N) is 2. The molecule has 1 N–H and O–H groups in total. The van der Waals surface area contributed by atoms with E-state index in [-0.39, 0.29) is 17.1 Å². The molecule has 0 aromatic heterocycles. The average molecular weight is 570 g/mol. The molecule has 0 saturated carbocycles. The molecule has 0 unspecified atom stereocenters. The number of fused-ring (bicyclic) bond motifs is 3. The molecule has 6 nitrogen and oxygen atoms in total. The molecule has 0 fully saturated rings. The minimum absolute atomic E-state index is 0.0631. The smallest absolute Gasteiger partial charge is 0.264 e. The Kier molecular flexibility index (Phi) is 9.53. The van der Waals surface area contributed by atoms with Gasteiger partial charge in [0.05, 0.1) is 11.2 Å². The maximum Gasteiger partial charge on any atom is 0.264 e. The van der Waals surface area contributed by atoms with Crippen molar-refractivity contribution in [1.29, 1.82) is 0 Å². The van der Waals surface area contributed by atoms with Crippen molar-refractivity contribution in [3.8, 4) is 0 Å². The molecule has 41 heavy (non-hydrogen) atoms. The minimum Gasteiger partial charge on any atom is -0.288 e. The van der Waals surface area contributed by atoms with E-state index in [0.29, 0.717) is 19.4 Å². The predicted molar refractivity (Wildman–Crippen MR) is 169 cm³/mol. The van der Waals surface area contributed by atoms with Gasteiger partial charge in [0.15, 0.2) is 5.71 Å². The van der Waals surface area contributed by atoms with Gasteiger partial charge in [0.2, 0.25) is 11.6 Å². The Balaban J connectivity index is 1.53. The van der Waals surface area contributed by atoms with E-state index < -0.39 is 10.1 Å². The number of benzene rings is 3. The third-order valence-corrected chi connectivity index (χ3v) is 8.01. The highest BCUT2D eigenvalue weighted by Crippen LogP contribution is 2.44. The van der Waals surface area contributed by atoms with Gasteiger partial charge in [0.1, 0.15) is 6.54 Å². The summed E-state index contributed by atoms with van der Waals surface area (Å²) >= 11 is 0. The molecule has 0 radical (unpaired) electrons. The molecule has 1 aliphatic heterocycles. The van der Waals surface area contributed by atoms with E-state index >= 15 is 0 Å². The van der Waals surface area contributed by atoms with Gasteiger partial charge in [-0.1, -0.05) is 72.8 Å². The Morgan fingerprint density at radius 1 is 0.878 bits per heavy atom. The molecule has 3 aromatic carbocycles. The maximum atomic E-state index is 12.0. The molecule has 1 heterocycles. The third-order valence-electron chi connectivity index (χ3n) is 7.21. The number of allylic oxidation sites excluding steroid dienone is 7. The lowest BCUT2D eigenvalue weighted by Crippen LogP contribution is -2.28. The number of amides is 1. The van der Waals surface area contributed by atoms with Crippen molar-refractivity contribution in [2.45, 2.75) is 39.0 Å². The van der Waals surface area contributed by atoms with Crippen molar-refractivity contribution in [1.82, 2.24) is 0 Å². The first kappa shape index (κ1) is 29.9. The monoisotopic (exact) mass is 569 g/mol. The van der Waals surface area contributed by atoms with Gasteiger partial charge in [0.25, 0.3) is 10.1 Å². The van der Waals surface area contributed by atoms with Crippen molar-refractivity contribution in [3.63, 3.8) is 0 Å². The second-order valence-electron chi connectivity index (χ2n) is 10.5. The zero-order chi connectivity index (χ0) is 29.5. The van der Waals surface area contributed by atoms with E-state index in [1.807, 2.05) is 72.9 Å².